The largest absolute Gasteiger partial charge is 0.460 e. The van der Waals surface area contributed by atoms with Gasteiger partial charge in [-0.2, -0.15) is 0 Å². The molecule has 0 amide bonds. The van der Waals surface area contributed by atoms with Crippen LogP contribution in [0.1, 0.15) is 24.3 Å². The maximum Gasteiger partial charge on any atom is 0.292 e. The highest BCUT2D eigenvalue weighted by Gasteiger charge is 2.46. The number of hydrogen-bond donors (Lipinski definition) is 0. The van der Waals surface area contributed by atoms with Gasteiger partial charge in [-0.25, -0.2) is 0 Å². The summed E-state index contributed by atoms with van der Waals surface area (Å²) in [6.07, 6.45) is 2.07. The minimum atomic E-state index is 0.0493. The summed E-state index contributed by atoms with van der Waals surface area (Å²) in [6, 6.07) is 7.34. The summed E-state index contributed by atoms with van der Waals surface area (Å²) in [5.74, 6) is 0.614. The third-order valence-electron chi connectivity index (χ3n) is 3.92. The lowest BCUT2D eigenvalue weighted by Gasteiger charge is -2.11. The van der Waals surface area contributed by atoms with E-state index in [4.69, 9.17) is 9.15 Å². The van der Waals surface area contributed by atoms with Crippen molar-refractivity contribution in [2.45, 2.75) is 29.7 Å². The molecule has 92 valence electrons. The maximum absolute atomic E-state index is 12.5. The van der Waals surface area contributed by atoms with Gasteiger partial charge in [0.1, 0.15) is 11.7 Å². The highest BCUT2D eigenvalue weighted by molar-refractivity contribution is 9.09. The van der Waals surface area contributed by atoms with E-state index in [9.17, 15) is 4.79 Å². The zero-order chi connectivity index (χ0) is 12.3. The van der Waals surface area contributed by atoms with Gasteiger partial charge in [0.15, 0.2) is 5.43 Å². The number of fused-ring (bicyclic) bond motifs is 4. The molecule has 0 spiro atoms. The Labute approximate surface area is 112 Å². The lowest BCUT2D eigenvalue weighted by atomic mass is 9.98. The Morgan fingerprint density at radius 3 is 2.94 bits per heavy atom. The Kier molecular flexibility index (Phi) is 2.13. The van der Waals surface area contributed by atoms with Crippen LogP contribution in [-0.2, 0) is 0 Å². The van der Waals surface area contributed by atoms with E-state index in [1.165, 1.54) is 0 Å². The van der Waals surface area contributed by atoms with Gasteiger partial charge in [-0.05, 0) is 25.0 Å². The second-order valence-corrected chi connectivity index (χ2v) is 6.09. The van der Waals surface area contributed by atoms with Crippen molar-refractivity contribution in [1.29, 1.82) is 0 Å². The average molecular weight is 307 g/mol. The fourth-order valence-corrected chi connectivity index (χ4v) is 3.79. The molecule has 1 aromatic heterocycles. The van der Waals surface area contributed by atoms with Crippen molar-refractivity contribution in [1.82, 2.24) is 0 Å². The van der Waals surface area contributed by atoms with Crippen LogP contribution in [0.3, 0.4) is 0 Å². The van der Waals surface area contributed by atoms with Crippen LogP contribution in [0.4, 0.5) is 0 Å². The van der Waals surface area contributed by atoms with E-state index < -0.39 is 0 Å². The van der Waals surface area contributed by atoms with E-state index in [1.54, 1.807) is 6.07 Å². The second kappa shape index (κ2) is 3.60. The molecule has 1 fully saturated rings. The zero-order valence-corrected chi connectivity index (χ0v) is 11.1. The van der Waals surface area contributed by atoms with Crippen molar-refractivity contribution < 1.29 is 9.15 Å². The molecule has 3 unspecified atom stereocenters. The molecule has 3 atom stereocenters. The normalized spacial score (nSPS) is 29.1. The molecular formula is C14H11BrO3. The summed E-state index contributed by atoms with van der Waals surface area (Å²) in [6.45, 7) is 0. The Bertz CT molecular complexity index is 691. The van der Waals surface area contributed by atoms with Gasteiger partial charge in [-0.15, -0.1) is 0 Å². The average Bonchev–Trinajstić information content (AvgIpc) is 2.90. The van der Waals surface area contributed by atoms with Crippen LogP contribution in [0.5, 0.6) is 5.95 Å². The first-order chi connectivity index (χ1) is 8.75. The van der Waals surface area contributed by atoms with Gasteiger partial charge in [0.2, 0.25) is 0 Å². The van der Waals surface area contributed by atoms with E-state index in [2.05, 4.69) is 15.9 Å². The van der Waals surface area contributed by atoms with Gasteiger partial charge in [0.25, 0.3) is 5.95 Å². The molecule has 0 radical (unpaired) electrons. The predicted octanol–water partition coefficient (Wildman–Crippen LogP) is 3.19. The van der Waals surface area contributed by atoms with Crippen molar-refractivity contribution in [3.63, 3.8) is 0 Å². The minimum absolute atomic E-state index is 0.0493. The van der Waals surface area contributed by atoms with Crippen LogP contribution in [0.25, 0.3) is 11.0 Å². The molecule has 18 heavy (non-hydrogen) atoms. The Hall–Kier alpha value is -1.29. The van der Waals surface area contributed by atoms with Crippen molar-refractivity contribution in [3.05, 3.63) is 40.1 Å². The molecule has 1 aliphatic carbocycles. The van der Waals surface area contributed by atoms with E-state index in [1.807, 2.05) is 18.2 Å². The Morgan fingerprint density at radius 1 is 1.22 bits per heavy atom. The number of alkyl halides is 1. The second-order valence-electron chi connectivity index (χ2n) is 4.91. The number of halogens is 1. The van der Waals surface area contributed by atoms with Gasteiger partial charge in [0.05, 0.1) is 15.8 Å². The summed E-state index contributed by atoms with van der Waals surface area (Å²) in [7, 11) is 0. The molecule has 0 saturated heterocycles. The summed E-state index contributed by atoms with van der Waals surface area (Å²) in [5.41, 5.74) is 1.41. The highest BCUT2D eigenvalue weighted by Crippen LogP contribution is 2.48. The first kappa shape index (κ1) is 10.6. The highest BCUT2D eigenvalue weighted by atomic mass is 79.9. The minimum Gasteiger partial charge on any atom is -0.460 e. The lowest BCUT2D eigenvalue weighted by molar-refractivity contribution is 0.189. The van der Waals surface area contributed by atoms with Crippen molar-refractivity contribution in [3.8, 4) is 5.95 Å². The molecule has 0 N–H and O–H groups in total. The zero-order valence-electron chi connectivity index (χ0n) is 9.56. The number of hydrogen-bond acceptors (Lipinski definition) is 3. The molecule has 0 bridgehead atoms. The van der Waals surface area contributed by atoms with Gasteiger partial charge in [-0.1, -0.05) is 28.1 Å². The Morgan fingerprint density at radius 2 is 2.06 bits per heavy atom. The van der Waals surface area contributed by atoms with Crippen LogP contribution in [0, 0.1) is 0 Å². The fraction of sp³-hybridized carbons (Fsp3) is 0.357. The summed E-state index contributed by atoms with van der Waals surface area (Å²) in [5, 5.41) is 0.651. The summed E-state index contributed by atoms with van der Waals surface area (Å²) < 4.78 is 11.5. The number of benzene rings is 1. The standard InChI is InChI=1S/C14H11BrO3/c15-9-6-5-8-11-12(16)7-3-1-2-4-10(7)17-14(11)18-13(8)9/h1-4,8-9,13H,5-6H2. The van der Waals surface area contributed by atoms with Crippen molar-refractivity contribution in [2.24, 2.45) is 0 Å². The lowest BCUT2D eigenvalue weighted by Crippen LogP contribution is -2.22. The van der Waals surface area contributed by atoms with Crippen LogP contribution in [-0.4, -0.2) is 10.9 Å². The molecule has 1 saturated carbocycles. The number of ether oxygens (including phenoxy) is 1. The third kappa shape index (κ3) is 1.27. The number of rotatable bonds is 0. The molecule has 2 aromatic rings. The van der Waals surface area contributed by atoms with E-state index >= 15 is 0 Å². The molecule has 3 nitrogen and oxygen atoms in total. The van der Waals surface area contributed by atoms with E-state index in [-0.39, 0.29) is 17.5 Å². The molecule has 4 rings (SSSR count). The summed E-state index contributed by atoms with van der Waals surface area (Å²) in [4.78, 5) is 12.8. The molecule has 1 aliphatic heterocycles. The quantitative estimate of drug-likeness (QED) is 0.702. The molecule has 2 aliphatic rings. The molecule has 2 heterocycles. The predicted molar refractivity (Wildman–Crippen MR) is 71.6 cm³/mol. The third-order valence-corrected chi connectivity index (χ3v) is 4.90. The van der Waals surface area contributed by atoms with Crippen LogP contribution in [0.15, 0.2) is 33.5 Å². The summed E-state index contributed by atoms with van der Waals surface area (Å²) >= 11 is 3.62. The van der Waals surface area contributed by atoms with Gasteiger partial charge < -0.3 is 9.15 Å². The van der Waals surface area contributed by atoms with Crippen molar-refractivity contribution >= 4 is 26.9 Å². The SMILES string of the molecule is O=c1c2c(oc3ccccc13)OC1C(Br)CCC21. The maximum atomic E-state index is 12.5. The monoisotopic (exact) mass is 306 g/mol. The van der Waals surface area contributed by atoms with Crippen molar-refractivity contribution in [2.75, 3.05) is 0 Å². The Balaban J connectivity index is 2.01. The first-order valence-electron chi connectivity index (χ1n) is 6.12. The van der Waals surface area contributed by atoms with Gasteiger partial charge in [-0.3, -0.25) is 4.79 Å². The first-order valence-corrected chi connectivity index (χ1v) is 7.04. The molecular weight excluding hydrogens is 296 g/mol. The number of para-hydroxylation sites is 1. The van der Waals surface area contributed by atoms with Gasteiger partial charge in [0, 0.05) is 5.92 Å². The molecule has 1 aromatic carbocycles. The van der Waals surface area contributed by atoms with Gasteiger partial charge >= 0.3 is 0 Å². The smallest absolute Gasteiger partial charge is 0.292 e. The molecule has 4 heteroatoms. The van der Waals surface area contributed by atoms with E-state index in [0.717, 1.165) is 18.4 Å². The van der Waals surface area contributed by atoms with Crippen LogP contribution < -0.4 is 10.2 Å². The fourth-order valence-electron chi connectivity index (χ4n) is 3.05. The topological polar surface area (TPSA) is 39.4 Å². The van der Waals surface area contributed by atoms with Crippen LogP contribution in [0.2, 0.25) is 0 Å². The van der Waals surface area contributed by atoms with E-state index in [0.29, 0.717) is 21.7 Å². The van der Waals surface area contributed by atoms with Crippen LogP contribution >= 0.6 is 15.9 Å².